The predicted octanol–water partition coefficient (Wildman–Crippen LogP) is 6.74. The highest BCUT2D eigenvalue weighted by molar-refractivity contribution is 7.86. The number of aryl methyl sites for hydroxylation is 1. The Morgan fingerprint density at radius 3 is 2.54 bits per heavy atom. The normalized spacial score (nSPS) is 12.2. The van der Waals surface area contributed by atoms with Crippen LogP contribution >= 0.6 is 0 Å². The van der Waals surface area contributed by atoms with Crippen molar-refractivity contribution in [2.24, 2.45) is 0 Å². The van der Waals surface area contributed by atoms with Crippen LogP contribution in [0.4, 0.5) is 15.8 Å². The fraction of sp³-hybridized carbons (Fsp3) is 0.194. The molecule has 0 fully saturated rings. The minimum atomic E-state index is -1.46. The minimum absolute atomic E-state index is 0.00942. The van der Waals surface area contributed by atoms with Crippen molar-refractivity contribution < 1.29 is 18.1 Å². The summed E-state index contributed by atoms with van der Waals surface area (Å²) in [6.45, 7) is 7.77. The zero-order chi connectivity index (χ0) is 29.1. The fourth-order valence-corrected chi connectivity index (χ4v) is 5.13. The Kier molecular flexibility index (Phi) is 7.85. The van der Waals surface area contributed by atoms with Gasteiger partial charge in [0, 0.05) is 23.5 Å². The molecule has 0 saturated heterocycles. The molecule has 5 aromatic rings. The van der Waals surface area contributed by atoms with Crippen molar-refractivity contribution in [1.82, 2.24) is 14.8 Å². The average Bonchev–Trinajstić information content (AvgIpc) is 3.40. The number of fused-ring (bicyclic) bond motifs is 1. The third-order valence-electron chi connectivity index (χ3n) is 6.29. The third kappa shape index (κ3) is 6.60. The van der Waals surface area contributed by atoms with E-state index >= 15 is 4.39 Å². The van der Waals surface area contributed by atoms with Crippen LogP contribution in [0.5, 0.6) is 11.5 Å². The summed E-state index contributed by atoms with van der Waals surface area (Å²) in [6, 6.07) is 19.1. The standard InChI is InChI=1S/C31H30FN5O3S/c1-20-14-21(16-29(38)35-23-18-34-37(19-23)31(2,3)4)15-26(32)30(20)40-28-12-13-33-27-11-10-22(17-25(27)28)36-41(39)24-8-6-5-7-9-24/h5-15,17-19,36H,16H2,1-4H3,(H,35,38). The van der Waals surface area contributed by atoms with E-state index in [-0.39, 0.29) is 23.6 Å². The molecule has 0 aliphatic carbocycles. The fourth-order valence-electron chi connectivity index (χ4n) is 4.27. The van der Waals surface area contributed by atoms with Crippen LogP contribution in [-0.4, -0.2) is 24.9 Å². The number of nitrogens with one attached hydrogen (secondary N) is 2. The Balaban J connectivity index is 1.33. The summed E-state index contributed by atoms with van der Waals surface area (Å²) in [4.78, 5) is 17.7. The van der Waals surface area contributed by atoms with Crippen molar-refractivity contribution in [2.45, 2.75) is 44.6 Å². The van der Waals surface area contributed by atoms with Crippen LogP contribution < -0.4 is 14.8 Å². The van der Waals surface area contributed by atoms with Gasteiger partial charge in [-0.15, -0.1) is 0 Å². The molecule has 5 rings (SSSR count). The number of pyridine rings is 1. The second-order valence-electron chi connectivity index (χ2n) is 10.6. The molecule has 2 aromatic heterocycles. The van der Waals surface area contributed by atoms with E-state index in [1.165, 1.54) is 6.07 Å². The van der Waals surface area contributed by atoms with Gasteiger partial charge in [0.2, 0.25) is 5.91 Å². The maximum atomic E-state index is 15.3. The van der Waals surface area contributed by atoms with Gasteiger partial charge in [-0.2, -0.15) is 5.10 Å². The van der Waals surface area contributed by atoms with E-state index in [2.05, 4.69) is 20.1 Å². The summed E-state index contributed by atoms with van der Waals surface area (Å²) < 4.78 is 38.9. The van der Waals surface area contributed by atoms with Crippen LogP contribution in [0.3, 0.4) is 0 Å². The zero-order valence-electron chi connectivity index (χ0n) is 23.1. The van der Waals surface area contributed by atoms with Gasteiger partial charge in [-0.1, -0.05) is 24.3 Å². The quantitative estimate of drug-likeness (QED) is 0.215. The van der Waals surface area contributed by atoms with Crippen molar-refractivity contribution in [2.75, 3.05) is 10.0 Å². The van der Waals surface area contributed by atoms with Crippen LogP contribution in [0.2, 0.25) is 0 Å². The SMILES string of the molecule is Cc1cc(CC(=O)Nc2cnn(C(C)(C)C)c2)cc(F)c1Oc1ccnc2ccc(NS(=O)c3ccccc3)cc12. The lowest BCUT2D eigenvalue weighted by atomic mass is 10.1. The lowest BCUT2D eigenvalue weighted by molar-refractivity contribution is -0.115. The summed E-state index contributed by atoms with van der Waals surface area (Å²) in [5.74, 6) is -0.413. The smallest absolute Gasteiger partial charge is 0.228 e. The van der Waals surface area contributed by atoms with Crippen LogP contribution in [0, 0.1) is 12.7 Å². The molecule has 1 amide bonds. The van der Waals surface area contributed by atoms with E-state index in [1.54, 1.807) is 72.7 Å². The van der Waals surface area contributed by atoms with Gasteiger partial charge in [-0.3, -0.25) is 14.5 Å². The first-order valence-corrected chi connectivity index (χ1v) is 14.2. The molecule has 3 aromatic carbocycles. The van der Waals surface area contributed by atoms with Crippen LogP contribution in [0.15, 0.2) is 90.2 Å². The Labute approximate surface area is 240 Å². The van der Waals surface area contributed by atoms with Crippen LogP contribution in [0.1, 0.15) is 31.9 Å². The van der Waals surface area contributed by atoms with Gasteiger partial charge in [-0.05, 0) is 81.3 Å². The molecule has 8 nitrogen and oxygen atoms in total. The number of hydrogen-bond acceptors (Lipinski definition) is 5. The monoisotopic (exact) mass is 571 g/mol. The number of ether oxygens (including phenoxy) is 1. The molecule has 0 spiro atoms. The lowest BCUT2D eigenvalue weighted by Gasteiger charge is -2.18. The minimum Gasteiger partial charge on any atom is -0.453 e. The number of halogens is 1. The number of carbonyl (C=O) groups is 1. The largest absolute Gasteiger partial charge is 0.453 e. The van der Waals surface area contributed by atoms with Gasteiger partial charge in [0.1, 0.15) is 16.7 Å². The average molecular weight is 572 g/mol. The van der Waals surface area contributed by atoms with Gasteiger partial charge in [0.15, 0.2) is 11.6 Å². The highest BCUT2D eigenvalue weighted by atomic mass is 32.2. The molecule has 10 heteroatoms. The van der Waals surface area contributed by atoms with Crippen molar-refractivity contribution >= 4 is 39.2 Å². The summed E-state index contributed by atoms with van der Waals surface area (Å²) >= 11 is 0. The summed E-state index contributed by atoms with van der Waals surface area (Å²) in [7, 11) is -1.46. The highest BCUT2D eigenvalue weighted by Crippen LogP contribution is 2.34. The molecule has 0 saturated carbocycles. The predicted molar refractivity (Wildman–Crippen MR) is 159 cm³/mol. The zero-order valence-corrected chi connectivity index (χ0v) is 24.0. The van der Waals surface area contributed by atoms with Gasteiger partial charge < -0.3 is 14.8 Å². The number of aromatic nitrogens is 3. The summed E-state index contributed by atoms with van der Waals surface area (Å²) in [6.07, 6.45) is 4.93. The first kappa shape index (κ1) is 28.0. The van der Waals surface area contributed by atoms with E-state index in [0.29, 0.717) is 44.0 Å². The van der Waals surface area contributed by atoms with Crippen molar-refractivity contribution in [3.63, 3.8) is 0 Å². The molecule has 0 bridgehead atoms. The van der Waals surface area contributed by atoms with Crippen molar-refractivity contribution in [3.05, 3.63) is 102 Å². The maximum Gasteiger partial charge on any atom is 0.228 e. The molecule has 41 heavy (non-hydrogen) atoms. The molecule has 1 atom stereocenters. The number of nitrogens with zero attached hydrogens (tertiary/aromatic N) is 3. The van der Waals surface area contributed by atoms with E-state index in [0.717, 1.165) is 0 Å². The molecule has 0 aliphatic rings. The lowest BCUT2D eigenvalue weighted by Crippen LogP contribution is -2.22. The number of carbonyl (C=O) groups excluding carboxylic acids is 1. The molecule has 0 radical (unpaired) electrons. The topological polar surface area (TPSA) is 98.1 Å². The van der Waals surface area contributed by atoms with Gasteiger partial charge in [-0.25, -0.2) is 8.60 Å². The Morgan fingerprint density at radius 1 is 1.05 bits per heavy atom. The van der Waals surface area contributed by atoms with Crippen LogP contribution in [0.25, 0.3) is 10.9 Å². The summed E-state index contributed by atoms with van der Waals surface area (Å²) in [5.41, 5.74) is 2.66. The van der Waals surface area contributed by atoms with Crippen molar-refractivity contribution in [3.8, 4) is 11.5 Å². The molecular weight excluding hydrogens is 541 g/mol. The summed E-state index contributed by atoms with van der Waals surface area (Å²) in [5, 5.41) is 7.72. The van der Waals surface area contributed by atoms with Crippen molar-refractivity contribution in [1.29, 1.82) is 0 Å². The van der Waals surface area contributed by atoms with Gasteiger partial charge >= 0.3 is 0 Å². The molecule has 1 unspecified atom stereocenters. The number of hydrogen-bond donors (Lipinski definition) is 2. The number of rotatable bonds is 8. The number of anilines is 2. The molecule has 2 heterocycles. The second kappa shape index (κ2) is 11.5. The number of amides is 1. The van der Waals surface area contributed by atoms with E-state index in [1.807, 2.05) is 39.0 Å². The first-order chi connectivity index (χ1) is 19.6. The Bertz CT molecular complexity index is 1730. The molecule has 210 valence electrons. The Hall–Kier alpha value is -4.57. The third-order valence-corrected chi connectivity index (χ3v) is 7.41. The maximum absolute atomic E-state index is 15.3. The van der Waals surface area contributed by atoms with Crippen LogP contribution in [-0.2, 0) is 27.7 Å². The first-order valence-electron chi connectivity index (χ1n) is 13.0. The molecular formula is C31H30FN5O3S. The van der Waals surface area contributed by atoms with E-state index < -0.39 is 16.8 Å². The van der Waals surface area contributed by atoms with E-state index in [9.17, 15) is 9.00 Å². The second-order valence-corrected chi connectivity index (χ2v) is 11.8. The molecule has 0 aliphatic heterocycles. The van der Waals surface area contributed by atoms with E-state index in [4.69, 9.17) is 4.74 Å². The molecule has 2 N–H and O–H groups in total. The Morgan fingerprint density at radius 2 is 1.83 bits per heavy atom. The number of benzene rings is 3. The van der Waals surface area contributed by atoms with Gasteiger partial charge in [0.25, 0.3) is 0 Å². The highest BCUT2D eigenvalue weighted by Gasteiger charge is 2.17. The van der Waals surface area contributed by atoms with Gasteiger partial charge in [0.05, 0.1) is 34.3 Å².